The molecule has 0 amide bonds. The van der Waals surface area contributed by atoms with Gasteiger partial charge in [-0.3, -0.25) is 9.59 Å². The van der Waals surface area contributed by atoms with Crippen molar-refractivity contribution in [3.8, 4) is 5.75 Å². The van der Waals surface area contributed by atoms with Gasteiger partial charge in [-0.25, -0.2) is 0 Å². The molecule has 4 rings (SSSR count). The molecule has 5 nitrogen and oxygen atoms in total. The number of hydrogen-bond acceptors (Lipinski definition) is 3. The van der Waals surface area contributed by atoms with Crippen molar-refractivity contribution in [2.75, 3.05) is 0 Å². The molecule has 31 heavy (non-hydrogen) atoms. The molecule has 1 aliphatic rings. The zero-order valence-corrected chi connectivity index (χ0v) is 18.4. The predicted octanol–water partition coefficient (Wildman–Crippen LogP) is 5.68. The van der Waals surface area contributed by atoms with E-state index in [2.05, 4.69) is 4.57 Å². The van der Waals surface area contributed by atoms with Gasteiger partial charge in [0.2, 0.25) is 0 Å². The van der Waals surface area contributed by atoms with Crippen LogP contribution < -0.4 is 0 Å². The Bertz CT molecular complexity index is 1160. The van der Waals surface area contributed by atoms with Gasteiger partial charge in [0, 0.05) is 40.7 Å². The highest BCUT2D eigenvalue weighted by molar-refractivity contribution is 6.30. The average molecular weight is 440 g/mol. The second-order valence-electron chi connectivity index (χ2n) is 9.13. The maximum Gasteiger partial charge on any atom is 0.309 e. The lowest BCUT2D eigenvalue weighted by Crippen LogP contribution is -2.29. The van der Waals surface area contributed by atoms with Gasteiger partial charge in [-0.2, -0.15) is 0 Å². The third-order valence-corrected chi connectivity index (χ3v) is 6.60. The molecule has 6 heteroatoms. The molecule has 162 valence electrons. The highest BCUT2D eigenvalue weighted by Gasteiger charge is 2.34. The molecule has 0 bridgehead atoms. The van der Waals surface area contributed by atoms with E-state index in [0.717, 1.165) is 23.7 Å². The number of ketones is 1. The second-order valence-corrected chi connectivity index (χ2v) is 9.57. The van der Waals surface area contributed by atoms with Crippen LogP contribution in [-0.2, 0) is 17.8 Å². The van der Waals surface area contributed by atoms with Crippen LogP contribution in [-0.4, -0.2) is 26.5 Å². The topological polar surface area (TPSA) is 79.5 Å². The van der Waals surface area contributed by atoms with Gasteiger partial charge in [0.1, 0.15) is 5.75 Å². The lowest BCUT2D eigenvalue weighted by atomic mass is 9.84. The maximum atomic E-state index is 13.6. The van der Waals surface area contributed by atoms with E-state index in [-0.39, 0.29) is 18.0 Å². The fraction of sp³-hybridized carbons (Fsp3) is 0.360. The van der Waals surface area contributed by atoms with Crippen molar-refractivity contribution in [1.29, 1.82) is 0 Å². The summed E-state index contributed by atoms with van der Waals surface area (Å²) in [5.74, 6) is -0.478. The lowest BCUT2D eigenvalue weighted by Gasteiger charge is -2.28. The predicted molar refractivity (Wildman–Crippen MR) is 121 cm³/mol. The normalized spacial score (nSPS) is 14.5. The summed E-state index contributed by atoms with van der Waals surface area (Å²) in [5, 5.41) is 21.2. The Morgan fingerprint density at radius 3 is 2.39 bits per heavy atom. The summed E-state index contributed by atoms with van der Waals surface area (Å²) in [5.41, 5.74) is 1.42. The summed E-state index contributed by atoms with van der Waals surface area (Å²) in [6, 6.07) is 11.7. The molecule has 2 N–H and O–H groups in total. The van der Waals surface area contributed by atoms with Gasteiger partial charge in [-0.05, 0) is 69.0 Å². The number of carboxylic acid groups (broad SMARTS) is 1. The number of benzene rings is 2. The minimum Gasteiger partial charge on any atom is -0.508 e. The minimum absolute atomic E-state index is 0.120. The number of phenols is 1. The molecule has 1 aliphatic carbocycles. The largest absolute Gasteiger partial charge is 0.508 e. The lowest BCUT2D eigenvalue weighted by molar-refractivity contribution is -0.146. The van der Waals surface area contributed by atoms with Crippen LogP contribution in [0.5, 0.6) is 5.75 Å². The van der Waals surface area contributed by atoms with E-state index < -0.39 is 11.4 Å². The number of rotatable bonds is 7. The number of fused-ring (bicyclic) bond motifs is 1. The van der Waals surface area contributed by atoms with Crippen LogP contribution >= 0.6 is 11.6 Å². The fourth-order valence-electron chi connectivity index (χ4n) is 4.21. The van der Waals surface area contributed by atoms with E-state index in [9.17, 15) is 19.8 Å². The molecule has 3 aromatic rings. The zero-order chi connectivity index (χ0) is 22.3. The number of aliphatic carboxylic acids is 1. The highest BCUT2D eigenvalue weighted by Crippen LogP contribution is 2.38. The molecule has 0 atom stereocenters. The van der Waals surface area contributed by atoms with E-state index in [1.165, 1.54) is 6.42 Å². The van der Waals surface area contributed by atoms with E-state index in [0.29, 0.717) is 34.3 Å². The molecule has 1 aromatic heterocycles. The Morgan fingerprint density at radius 2 is 1.81 bits per heavy atom. The first-order valence-electron chi connectivity index (χ1n) is 10.5. The molecular weight excluding hydrogens is 414 g/mol. The Balaban J connectivity index is 1.95. The number of halogens is 1. The number of carbonyl (C=O) groups excluding carboxylic acids is 1. The van der Waals surface area contributed by atoms with Crippen LogP contribution in [0, 0.1) is 11.3 Å². The number of carboxylic acids is 1. The maximum absolute atomic E-state index is 13.6. The van der Waals surface area contributed by atoms with E-state index in [4.69, 9.17) is 11.6 Å². The van der Waals surface area contributed by atoms with Crippen molar-refractivity contribution < 1.29 is 19.8 Å². The number of nitrogens with zero attached hydrogens (tertiary/aromatic N) is 1. The van der Waals surface area contributed by atoms with E-state index >= 15 is 0 Å². The molecule has 0 radical (unpaired) electrons. The van der Waals surface area contributed by atoms with Gasteiger partial charge in [0.15, 0.2) is 5.78 Å². The molecule has 0 spiro atoms. The molecule has 1 saturated carbocycles. The van der Waals surface area contributed by atoms with Gasteiger partial charge < -0.3 is 14.8 Å². The van der Waals surface area contributed by atoms with Crippen molar-refractivity contribution >= 4 is 34.3 Å². The summed E-state index contributed by atoms with van der Waals surface area (Å²) in [6.45, 7) is 4.06. The molecule has 0 unspecified atom stereocenters. The van der Waals surface area contributed by atoms with Gasteiger partial charge in [-0.1, -0.05) is 18.0 Å². The molecule has 2 aromatic carbocycles. The van der Waals surface area contributed by atoms with Crippen LogP contribution in [0.3, 0.4) is 0 Å². The summed E-state index contributed by atoms with van der Waals surface area (Å²) >= 11 is 6.00. The van der Waals surface area contributed by atoms with Crippen LogP contribution in [0.25, 0.3) is 10.9 Å². The Kier molecular flexibility index (Phi) is 5.56. The standard InChI is InChI=1S/C25H26ClNO4/c1-25(2,24(30)31)13-21-22(23(29)16-6-8-17(26)9-7-16)19-11-10-18(28)12-20(19)27(21)14-15-4-3-5-15/h6-12,15,28H,3-5,13-14H2,1-2H3,(H,30,31). The van der Waals surface area contributed by atoms with Gasteiger partial charge in [-0.15, -0.1) is 0 Å². The first-order valence-corrected chi connectivity index (χ1v) is 10.9. The van der Waals surface area contributed by atoms with Crippen molar-refractivity contribution in [3.63, 3.8) is 0 Å². The fourth-order valence-corrected chi connectivity index (χ4v) is 4.34. The van der Waals surface area contributed by atoms with Crippen LogP contribution in [0.1, 0.15) is 54.7 Å². The van der Waals surface area contributed by atoms with Gasteiger partial charge in [0.05, 0.1) is 16.5 Å². The second kappa shape index (κ2) is 8.04. The summed E-state index contributed by atoms with van der Waals surface area (Å²) in [4.78, 5) is 25.6. The third-order valence-electron chi connectivity index (χ3n) is 6.34. The van der Waals surface area contributed by atoms with Crippen molar-refractivity contribution in [3.05, 3.63) is 64.3 Å². The van der Waals surface area contributed by atoms with Crippen molar-refractivity contribution in [1.82, 2.24) is 4.57 Å². The smallest absolute Gasteiger partial charge is 0.309 e. The third kappa shape index (κ3) is 4.07. The van der Waals surface area contributed by atoms with Crippen molar-refractivity contribution in [2.24, 2.45) is 11.3 Å². The summed E-state index contributed by atoms with van der Waals surface area (Å²) in [7, 11) is 0. The number of aromatic hydroxyl groups is 1. The molecule has 0 saturated heterocycles. The van der Waals surface area contributed by atoms with E-state index in [1.807, 2.05) is 0 Å². The molecule has 1 heterocycles. The molecule has 1 fully saturated rings. The van der Waals surface area contributed by atoms with Gasteiger partial charge in [0.25, 0.3) is 0 Å². The summed E-state index contributed by atoms with van der Waals surface area (Å²) in [6.07, 6.45) is 3.61. The van der Waals surface area contributed by atoms with Crippen LogP contribution in [0.15, 0.2) is 42.5 Å². The Labute approximate surface area is 186 Å². The van der Waals surface area contributed by atoms with Crippen LogP contribution in [0.2, 0.25) is 5.02 Å². The highest BCUT2D eigenvalue weighted by atomic mass is 35.5. The first-order chi connectivity index (χ1) is 14.7. The molecular formula is C25H26ClNO4. The SMILES string of the molecule is CC(C)(Cc1c(C(=O)c2ccc(Cl)cc2)c2ccc(O)cc2n1CC1CCC1)C(=O)O. The van der Waals surface area contributed by atoms with Crippen LogP contribution in [0.4, 0.5) is 0 Å². The number of hydrogen-bond donors (Lipinski definition) is 2. The first kappa shape index (κ1) is 21.4. The molecule has 0 aliphatic heterocycles. The average Bonchev–Trinajstić information content (AvgIpc) is 2.96. The summed E-state index contributed by atoms with van der Waals surface area (Å²) < 4.78 is 2.06. The minimum atomic E-state index is -1.05. The quantitative estimate of drug-likeness (QED) is 0.464. The van der Waals surface area contributed by atoms with E-state index in [1.54, 1.807) is 56.3 Å². The van der Waals surface area contributed by atoms with Gasteiger partial charge >= 0.3 is 5.97 Å². The number of aromatic nitrogens is 1. The zero-order valence-electron chi connectivity index (χ0n) is 17.7. The number of phenolic OH excluding ortho intramolecular Hbond substituents is 1. The Hall–Kier alpha value is -2.79. The monoisotopic (exact) mass is 439 g/mol. The Morgan fingerprint density at radius 1 is 1.13 bits per heavy atom. The van der Waals surface area contributed by atoms with Crippen molar-refractivity contribution in [2.45, 2.75) is 46.1 Å². The number of carbonyl (C=O) groups is 2.